The van der Waals surface area contributed by atoms with Crippen LogP contribution >= 0.6 is 0 Å². The number of methoxy groups -OCH3 is 1. The molecule has 0 amide bonds. The lowest BCUT2D eigenvalue weighted by atomic mass is 10.2. The van der Waals surface area contributed by atoms with Crippen LogP contribution < -0.4 is 8.92 Å². The Kier molecular flexibility index (Phi) is 4.46. The zero-order valence-electron chi connectivity index (χ0n) is 10.1. The Morgan fingerprint density at radius 3 is 2.37 bits per heavy atom. The Balaban J connectivity index is 3.34. The molecule has 0 saturated heterocycles. The molecule has 0 aliphatic carbocycles. The van der Waals surface area contributed by atoms with Crippen molar-refractivity contribution in [3.63, 3.8) is 0 Å². The maximum Gasteiger partial charge on any atom is 0.534 e. The first-order valence-corrected chi connectivity index (χ1v) is 6.44. The highest BCUT2D eigenvalue weighted by atomic mass is 32.2. The first kappa shape index (κ1) is 15.4. The van der Waals surface area contributed by atoms with Crippen molar-refractivity contribution in [2.45, 2.75) is 12.4 Å². The molecule has 0 atom stereocenters. The number of hydrogen-bond donors (Lipinski definition) is 0. The summed E-state index contributed by atoms with van der Waals surface area (Å²) in [7, 11) is -4.54. The van der Waals surface area contributed by atoms with Crippen LogP contribution in [0.5, 0.6) is 11.5 Å². The molecule has 1 aromatic carbocycles. The molecule has 106 valence electrons. The highest BCUT2D eigenvalue weighted by Crippen LogP contribution is 2.36. The van der Waals surface area contributed by atoms with Gasteiger partial charge in [-0.2, -0.15) is 21.6 Å². The maximum atomic E-state index is 12.3. The Hall–Kier alpha value is -1.70. The second-order valence-electron chi connectivity index (χ2n) is 3.36. The van der Waals surface area contributed by atoms with Gasteiger partial charge in [0.2, 0.25) is 0 Å². The second-order valence-corrected chi connectivity index (χ2v) is 4.90. The van der Waals surface area contributed by atoms with Gasteiger partial charge in [0.05, 0.1) is 7.11 Å². The van der Waals surface area contributed by atoms with Gasteiger partial charge in [-0.25, -0.2) is 0 Å². The van der Waals surface area contributed by atoms with Crippen molar-refractivity contribution < 1.29 is 30.5 Å². The van der Waals surface area contributed by atoms with Gasteiger partial charge in [-0.1, -0.05) is 24.3 Å². The number of benzene rings is 1. The number of allylic oxidation sites excluding steroid dienone is 1. The summed E-state index contributed by atoms with van der Waals surface area (Å²) >= 11 is 0. The van der Waals surface area contributed by atoms with E-state index in [1.165, 1.54) is 37.5 Å². The van der Waals surface area contributed by atoms with Crippen LogP contribution in [0, 0.1) is 0 Å². The van der Waals surface area contributed by atoms with E-state index in [4.69, 9.17) is 4.74 Å². The van der Waals surface area contributed by atoms with Crippen LogP contribution in [0.2, 0.25) is 0 Å². The minimum absolute atomic E-state index is 0.108. The Morgan fingerprint density at radius 1 is 1.26 bits per heavy atom. The zero-order valence-corrected chi connectivity index (χ0v) is 10.9. The van der Waals surface area contributed by atoms with E-state index in [1.807, 2.05) is 0 Å². The molecule has 1 aromatic rings. The molecule has 0 N–H and O–H groups in total. The fourth-order valence-electron chi connectivity index (χ4n) is 1.25. The van der Waals surface area contributed by atoms with E-state index >= 15 is 0 Å². The molecule has 0 aromatic heterocycles. The third kappa shape index (κ3) is 3.40. The van der Waals surface area contributed by atoms with E-state index in [0.29, 0.717) is 0 Å². The van der Waals surface area contributed by atoms with Crippen molar-refractivity contribution in [2.75, 3.05) is 7.11 Å². The van der Waals surface area contributed by atoms with Gasteiger partial charge in [-0.3, -0.25) is 0 Å². The van der Waals surface area contributed by atoms with Gasteiger partial charge >= 0.3 is 15.6 Å². The predicted octanol–water partition coefficient (Wildman–Crippen LogP) is 2.96. The smallest absolute Gasteiger partial charge is 0.493 e. The fraction of sp³-hybridized carbons (Fsp3) is 0.273. The number of ether oxygens (including phenoxy) is 1. The van der Waals surface area contributed by atoms with Gasteiger partial charge in [0.15, 0.2) is 11.5 Å². The highest BCUT2D eigenvalue weighted by Gasteiger charge is 2.49. The fourth-order valence-corrected chi connectivity index (χ4v) is 1.74. The van der Waals surface area contributed by atoms with E-state index in [2.05, 4.69) is 4.18 Å². The molecule has 0 bridgehead atoms. The minimum Gasteiger partial charge on any atom is -0.493 e. The standard InChI is InChI=1S/C11H11F3O4S/c1-3-5-8-6-4-7-9(17-2)10(8)18-19(15,16)11(12,13)14/h3-7H,1-2H3. The zero-order chi connectivity index (χ0) is 14.7. The molecule has 8 heteroatoms. The van der Waals surface area contributed by atoms with Crippen molar-refractivity contribution in [1.82, 2.24) is 0 Å². The summed E-state index contributed by atoms with van der Waals surface area (Å²) in [6.45, 7) is 1.63. The van der Waals surface area contributed by atoms with Crippen LogP contribution in [-0.2, 0) is 10.1 Å². The summed E-state index contributed by atoms with van der Waals surface area (Å²) in [5.74, 6) is -0.608. The average Bonchev–Trinajstić information content (AvgIpc) is 2.30. The van der Waals surface area contributed by atoms with Gasteiger partial charge in [0, 0.05) is 5.56 Å². The number of para-hydroxylation sites is 1. The largest absolute Gasteiger partial charge is 0.534 e. The topological polar surface area (TPSA) is 52.6 Å². The summed E-state index contributed by atoms with van der Waals surface area (Å²) < 4.78 is 67.9. The number of hydrogen-bond acceptors (Lipinski definition) is 4. The molecule has 0 unspecified atom stereocenters. The van der Waals surface area contributed by atoms with Crippen LogP contribution in [0.4, 0.5) is 13.2 Å². The number of halogens is 3. The van der Waals surface area contributed by atoms with Crippen molar-refractivity contribution >= 4 is 16.2 Å². The lowest BCUT2D eigenvalue weighted by molar-refractivity contribution is -0.0500. The molecular formula is C11H11F3O4S. The lowest BCUT2D eigenvalue weighted by Gasteiger charge is -2.14. The summed E-state index contributed by atoms with van der Waals surface area (Å²) in [5.41, 5.74) is -5.34. The van der Waals surface area contributed by atoms with Gasteiger partial charge in [0.1, 0.15) is 0 Å². The van der Waals surface area contributed by atoms with Crippen molar-refractivity contribution in [3.8, 4) is 11.5 Å². The molecule has 4 nitrogen and oxygen atoms in total. The van der Waals surface area contributed by atoms with Crippen LogP contribution in [0.1, 0.15) is 12.5 Å². The SMILES string of the molecule is CC=Cc1cccc(OC)c1OS(=O)(=O)C(F)(F)F. The molecule has 0 aliphatic rings. The van der Waals surface area contributed by atoms with E-state index in [9.17, 15) is 21.6 Å². The summed E-state index contributed by atoms with van der Waals surface area (Å²) in [4.78, 5) is 0. The van der Waals surface area contributed by atoms with Gasteiger partial charge in [-0.15, -0.1) is 0 Å². The lowest BCUT2D eigenvalue weighted by Crippen LogP contribution is -2.28. The molecule has 0 spiro atoms. The van der Waals surface area contributed by atoms with Crippen molar-refractivity contribution in [2.24, 2.45) is 0 Å². The predicted molar refractivity (Wildman–Crippen MR) is 63.3 cm³/mol. The molecule has 19 heavy (non-hydrogen) atoms. The van der Waals surface area contributed by atoms with Gasteiger partial charge in [0.25, 0.3) is 0 Å². The van der Waals surface area contributed by atoms with Crippen molar-refractivity contribution in [3.05, 3.63) is 29.8 Å². The quantitative estimate of drug-likeness (QED) is 0.633. The van der Waals surface area contributed by atoms with Crippen LogP contribution in [0.15, 0.2) is 24.3 Å². The van der Waals surface area contributed by atoms with E-state index in [-0.39, 0.29) is 11.3 Å². The highest BCUT2D eigenvalue weighted by molar-refractivity contribution is 7.88. The van der Waals surface area contributed by atoms with E-state index < -0.39 is 21.4 Å². The average molecular weight is 296 g/mol. The first-order chi connectivity index (χ1) is 8.73. The van der Waals surface area contributed by atoms with Crippen LogP contribution in [0.3, 0.4) is 0 Å². The molecule has 0 fully saturated rings. The first-order valence-electron chi connectivity index (χ1n) is 5.03. The summed E-state index contributed by atoms with van der Waals surface area (Å²) in [6.07, 6.45) is 2.94. The Bertz CT molecular complexity index is 576. The Morgan fingerprint density at radius 2 is 1.89 bits per heavy atom. The second kappa shape index (κ2) is 5.52. The monoisotopic (exact) mass is 296 g/mol. The molecule has 0 radical (unpaired) electrons. The molecular weight excluding hydrogens is 285 g/mol. The van der Waals surface area contributed by atoms with Crippen LogP contribution in [0.25, 0.3) is 6.08 Å². The van der Waals surface area contributed by atoms with E-state index in [1.54, 1.807) is 6.92 Å². The van der Waals surface area contributed by atoms with E-state index in [0.717, 1.165) is 0 Å². The third-order valence-corrected chi connectivity index (χ3v) is 3.01. The maximum absolute atomic E-state index is 12.3. The third-order valence-electron chi connectivity index (χ3n) is 2.05. The normalized spacial score (nSPS) is 12.7. The van der Waals surface area contributed by atoms with Crippen molar-refractivity contribution in [1.29, 1.82) is 0 Å². The summed E-state index contributed by atoms with van der Waals surface area (Å²) in [6, 6.07) is 4.21. The van der Waals surface area contributed by atoms with Crippen LogP contribution in [-0.4, -0.2) is 21.0 Å². The summed E-state index contributed by atoms with van der Waals surface area (Å²) in [5, 5.41) is 0. The molecule has 1 rings (SSSR count). The molecule has 0 saturated carbocycles. The molecule has 0 heterocycles. The van der Waals surface area contributed by atoms with Gasteiger partial charge < -0.3 is 8.92 Å². The molecule has 0 aliphatic heterocycles. The Labute approximate surface area is 108 Å². The number of alkyl halides is 3. The minimum atomic E-state index is -5.74. The number of rotatable bonds is 4. The van der Waals surface area contributed by atoms with Gasteiger partial charge in [-0.05, 0) is 13.0 Å².